The van der Waals surface area contributed by atoms with Crippen molar-refractivity contribution >= 4 is 50.7 Å². The molecule has 0 aromatic heterocycles. The number of carbonyl (C=O) groups excluding carboxylic acids is 1. The fourth-order valence-corrected chi connectivity index (χ4v) is 3.14. The summed E-state index contributed by atoms with van der Waals surface area (Å²) in [5.41, 5.74) is 7.28. The Hall–Kier alpha value is -1.07. The van der Waals surface area contributed by atoms with Gasteiger partial charge < -0.3 is 11.1 Å². The molecule has 2 rings (SSSR count). The van der Waals surface area contributed by atoms with Crippen LogP contribution in [0.3, 0.4) is 0 Å². The highest BCUT2D eigenvalue weighted by atomic mass is 79.9. The molecule has 0 aliphatic rings. The molecular weight excluding hydrogens is 375 g/mol. The van der Waals surface area contributed by atoms with Crippen molar-refractivity contribution in [2.24, 2.45) is 5.73 Å². The Bertz CT molecular complexity index is 626. The Kier molecular flexibility index (Phi) is 5.65. The van der Waals surface area contributed by atoms with Gasteiger partial charge in [-0.05, 0) is 24.1 Å². The smallest absolute Gasteiger partial charge is 0.241 e. The van der Waals surface area contributed by atoms with Gasteiger partial charge in [-0.1, -0.05) is 69.5 Å². The van der Waals surface area contributed by atoms with Gasteiger partial charge in [0.05, 0.1) is 21.8 Å². The van der Waals surface area contributed by atoms with Crippen LogP contribution in [0.4, 0.5) is 5.69 Å². The van der Waals surface area contributed by atoms with Gasteiger partial charge >= 0.3 is 0 Å². The van der Waals surface area contributed by atoms with E-state index in [1.165, 1.54) is 0 Å². The van der Waals surface area contributed by atoms with Gasteiger partial charge in [0.15, 0.2) is 0 Å². The van der Waals surface area contributed by atoms with Crippen molar-refractivity contribution in [3.8, 4) is 0 Å². The maximum atomic E-state index is 12.1. The number of amides is 1. The van der Waals surface area contributed by atoms with Crippen LogP contribution in [0.2, 0.25) is 10.0 Å². The van der Waals surface area contributed by atoms with E-state index in [9.17, 15) is 4.79 Å². The van der Waals surface area contributed by atoms with E-state index in [1.54, 1.807) is 12.1 Å². The Balaban J connectivity index is 2.08. The summed E-state index contributed by atoms with van der Waals surface area (Å²) >= 11 is 15.4. The van der Waals surface area contributed by atoms with Crippen molar-refractivity contribution in [3.05, 3.63) is 62.5 Å². The number of rotatable bonds is 4. The second-order valence-electron chi connectivity index (χ2n) is 4.53. The number of halogens is 3. The molecule has 3 N–H and O–H groups in total. The predicted molar refractivity (Wildman–Crippen MR) is 90.9 cm³/mol. The topological polar surface area (TPSA) is 55.1 Å². The lowest BCUT2D eigenvalue weighted by Gasteiger charge is -2.14. The van der Waals surface area contributed by atoms with Crippen molar-refractivity contribution in [2.45, 2.75) is 12.5 Å². The molecule has 3 nitrogen and oxygen atoms in total. The summed E-state index contributed by atoms with van der Waals surface area (Å²) in [6, 6.07) is 12.2. The monoisotopic (exact) mass is 386 g/mol. The molecule has 21 heavy (non-hydrogen) atoms. The molecule has 0 aliphatic heterocycles. The zero-order valence-electron chi connectivity index (χ0n) is 10.9. The fraction of sp³-hybridized carbons (Fsp3) is 0.133. The molecule has 2 aromatic rings. The lowest BCUT2D eigenvalue weighted by atomic mass is 10.1. The van der Waals surface area contributed by atoms with E-state index in [4.69, 9.17) is 28.9 Å². The number of anilines is 1. The standard InChI is InChI=1S/C15H13BrCl2N2O/c16-10-7-11(17)14(12(18)8-10)20-15(21)13(19)6-9-4-2-1-3-5-9/h1-5,7-8,13H,6,19H2,(H,20,21)/t13-/m0/s1. The van der Waals surface area contributed by atoms with Crippen molar-refractivity contribution < 1.29 is 4.79 Å². The second kappa shape index (κ2) is 7.27. The molecule has 110 valence electrons. The molecule has 0 spiro atoms. The molecule has 1 amide bonds. The van der Waals surface area contributed by atoms with Crippen molar-refractivity contribution in [3.63, 3.8) is 0 Å². The second-order valence-corrected chi connectivity index (χ2v) is 6.26. The van der Waals surface area contributed by atoms with Crippen LogP contribution in [0.1, 0.15) is 5.56 Å². The summed E-state index contributed by atoms with van der Waals surface area (Å²) in [6.07, 6.45) is 0.443. The lowest BCUT2D eigenvalue weighted by molar-refractivity contribution is -0.117. The van der Waals surface area contributed by atoms with Gasteiger partial charge in [-0.3, -0.25) is 4.79 Å². The first kappa shape index (κ1) is 16.3. The zero-order valence-corrected chi connectivity index (χ0v) is 14.0. The first-order valence-corrected chi connectivity index (χ1v) is 7.77. The summed E-state index contributed by atoms with van der Waals surface area (Å²) in [4.78, 5) is 12.1. The van der Waals surface area contributed by atoms with Crippen LogP contribution < -0.4 is 11.1 Å². The van der Waals surface area contributed by atoms with Gasteiger partial charge in [0.1, 0.15) is 0 Å². The SMILES string of the molecule is N[C@@H](Cc1ccccc1)C(=O)Nc1c(Cl)cc(Br)cc1Cl. The maximum Gasteiger partial charge on any atom is 0.241 e. The van der Waals surface area contributed by atoms with Crippen molar-refractivity contribution in [1.29, 1.82) is 0 Å². The average Bonchev–Trinajstić information content (AvgIpc) is 2.43. The van der Waals surface area contributed by atoms with Gasteiger partial charge in [0, 0.05) is 4.47 Å². The molecule has 2 aromatic carbocycles. The molecule has 0 saturated carbocycles. The van der Waals surface area contributed by atoms with E-state index in [1.807, 2.05) is 30.3 Å². The van der Waals surface area contributed by atoms with Crippen molar-refractivity contribution in [1.82, 2.24) is 0 Å². The summed E-state index contributed by atoms with van der Waals surface area (Å²) < 4.78 is 0.740. The van der Waals surface area contributed by atoms with E-state index in [0.717, 1.165) is 10.0 Å². The van der Waals surface area contributed by atoms with Crippen LogP contribution in [0.25, 0.3) is 0 Å². The van der Waals surface area contributed by atoms with E-state index in [0.29, 0.717) is 22.2 Å². The zero-order chi connectivity index (χ0) is 15.4. The lowest BCUT2D eigenvalue weighted by Crippen LogP contribution is -2.37. The number of carbonyl (C=O) groups is 1. The van der Waals surface area contributed by atoms with E-state index < -0.39 is 6.04 Å². The average molecular weight is 388 g/mol. The molecule has 0 fully saturated rings. The minimum absolute atomic E-state index is 0.329. The van der Waals surface area contributed by atoms with Gasteiger partial charge in [0.2, 0.25) is 5.91 Å². The quantitative estimate of drug-likeness (QED) is 0.823. The molecule has 0 heterocycles. The van der Waals surface area contributed by atoms with Gasteiger partial charge in [-0.15, -0.1) is 0 Å². The number of nitrogens with two attached hydrogens (primary N) is 1. The first-order chi connectivity index (χ1) is 9.97. The van der Waals surface area contributed by atoms with Crippen LogP contribution >= 0.6 is 39.1 Å². The normalized spacial score (nSPS) is 12.0. The molecule has 0 unspecified atom stereocenters. The third kappa shape index (κ3) is 4.45. The van der Waals surface area contributed by atoms with E-state index in [-0.39, 0.29) is 5.91 Å². The third-order valence-electron chi connectivity index (χ3n) is 2.89. The van der Waals surface area contributed by atoms with E-state index in [2.05, 4.69) is 21.2 Å². The summed E-state index contributed by atoms with van der Waals surface area (Å²) in [7, 11) is 0. The first-order valence-electron chi connectivity index (χ1n) is 6.22. The van der Waals surface area contributed by atoms with Crippen LogP contribution in [0, 0.1) is 0 Å². The Labute approximate surface area is 141 Å². The number of hydrogen-bond acceptors (Lipinski definition) is 2. The number of hydrogen-bond donors (Lipinski definition) is 2. The van der Waals surface area contributed by atoms with Crippen LogP contribution in [0.15, 0.2) is 46.9 Å². The minimum atomic E-state index is -0.678. The minimum Gasteiger partial charge on any atom is -0.322 e. The maximum absolute atomic E-state index is 12.1. The number of benzene rings is 2. The van der Waals surface area contributed by atoms with Gasteiger partial charge in [0.25, 0.3) is 0 Å². The predicted octanol–water partition coefficient (Wildman–Crippen LogP) is 4.26. The Morgan fingerprint density at radius 2 is 1.76 bits per heavy atom. The van der Waals surface area contributed by atoms with Gasteiger partial charge in [-0.25, -0.2) is 0 Å². The summed E-state index contributed by atoms with van der Waals surface area (Å²) in [6.45, 7) is 0. The highest BCUT2D eigenvalue weighted by molar-refractivity contribution is 9.10. The van der Waals surface area contributed by atoms with E-state index >= 15 is 0 Å². The largest absolute Gasteiger partial charge is 0.322 e. The number of nitrogens with one attached hydrogen (secondary N) is 1. The summed E-state index contributed by atoms with van der Waals surface area (Å²) in [5.74, 6) is -0.329. The van der Waals surface area contributed by atoms with Crippen LogP contribution in [-0.4, -0.2) is 11.9 Å². The fourth-order valence-electron chi connectivity index (χ4n) is 1.84. The molecule has 0 aliphatic carbocycles. The Morgan fingerprint density at radius 3 is 2.33 bits per heavy atom. The molecule has 6 heteroatoms. The molecular formula is C15H13BrCl2N2O. The van der Waals surface area contributed by atoms with Gasteiger partial charge in [-0.2, -0.15) is 0 Å². The summed E-state index contributed by atoms with van der Waals surface area (Å²) in [5, 5.41) is 3.39. The van der Waals surface area contributed by atoms with Crippen LogP contribution in [-0.2, 0) is 11.2 Å². The Morgan fingerprint density at radius 1 is 1.19 bits per heavy atom. The highest BCUT2D eigenvalue weighted by Crippen LogP contribution is 2.33. The van der Waals surface area contributed by atoms with Crippen LogP contribution in [0.5, 0.6) is 0 Å². The van der Waals surface area contributed by atoms with Crippen molar-refractivity contribution in [2.75, 3.05) is 5.32 Å². The molecule has 0 bridgehead atoms. The molecule has 1 atom stereocenters. The molecule has 0 radical (unpaired) electrons. The third-order valence-corrected chi connectivity index (χ3v) is 3.94. The molecule has 0 saturated heterocycles. The highest BCUT2D eigenvalue weighted by Gasteiger charge is 2.17.